The van der Waals surface area contributed by atoms with Gasteiger partial charge in [0.1, 0.15) is 11.6 Å². The van der Waals surface area contributed by atoms with Crippen LogP contribution in [0, 0.1) is 46.3 Å². The van der Waals surface area contributed by atoms with E-state index in [1.807, 2.05) is 0 Å². The summed E-state index contributed by atoms with van der Waals surface area (Å²) >= 11 is 0. The standard InChI is InChI=1S/C29H45N5/c1-30-26(28-12-18-6-19(13-28)8-20(7-18)14-28)33-24-4-3-5-25(32-24)34-27(31-2)29-15-21-9-22(16-29)11-23(10-21)17-29/h3-5,18-23,26-27,30-31H,6-17H2,1-2H3,(H2,32,33,34). The monoisotopic (exact) mass is 463 g/mol. The van der Waals surface area contributed by atoms with Crippen molar-refractivity contribution in [1.82, 2.24) is 15.6 Å². The van der Waals surface area contributed by atoms with Crippen molar-refractivity contribution >= 4 is 11.6 Å². The van der Waals surface area contributed by atoms with E-state index in [-0.39, 0.29) is 0 Å². The third kappa shape index (κ3) is 3.59. The molecule has 5 nitrogen and oxygen atoms in total. The van der Waals surface area contributed by atoms with Crippen LogP contribution in [0.1, 0.15) is 77.0 Å². The fraction of sp³-hybridized carbons (Fsp3) is 0.828. The van der Waals surface area contributed by atoms with Gasteiger partial charge in [0.2, 0.25) is 0 Å². The fourth-order valence-electron chi connectivity index (χ4n) is 11.0. The van der Waals surface area contributed by atoms with Crippen LogP contribution in [0.5, 0.6) is 0 Å². The van der Waals surface area contributed by atoms with Crippen molar-refractivity contribution in [2.75, 3.05) is 24.7 Å². The molecule has 1 aromatic rings. The van der Waals surface area contributed by atoms with Crippen molar-refractivity contribution in [2.24, 2.45) is 46.3 Å². The predicted octanol–water partition coefficient (Wildman–Crippen LogP) is 5.43. The average molecular weight is 464 g/mol. The average Bonchev–Trinajstić information content (AvgIpc) is 2.79. The minimum Gasteiger partial charge on any atom is -0.354 e. The van der Waals surface area contributed by atoms with Crippen LogP contribution in [0.3, 0.4) is 0 Å². The van der Waals surface area contributed by atoms with E-state index in [1.54, 1.807) is 0 Å². The Morgan fingerprint density at radius 1 is 0.618 bits per heavy atom. The van der Waals surface area contributed by atoms with Crippen LogP contribution >= 0.6 is 0 Å². The van der Waals surface area contributed by atoms with E-state index in [0.717, 1.165) is 47.1 Å². The van der Waals surface area contributed by atoms with Crippen LogP contribution in [-0.4, -0.2) is 31.4 Å². The largest absolute Gasteiger partial charge is 0.354 e. The predicted molar refractivity (Wildman–Crippen MR) is 138 cm³/mol. The highest BCUT2D eigenvalue weighted by molar-refractivity contribution is 5.47. The van der Waals surface area contributed by atoms with Gasteiger partial charge in [-0.3, -0.25) is 0 Å². The minimum atomic E-state index is 0.312. The molecule has 8 aliphatic carbocycles. The van der Waals surface area contributed by atoms with Crippen LogP contribution in [0.4, 0.5) is 11.6 Å². The van der Waals surface area contributed by atoms with E-state index in [1.165, 1.54) is 77.0 Å². The summed E-state index contributed by atoms with van der Waals surface area (Å²) < 4.78 is 0. The zero-order valence-corrected chi connectivity index (χ0v) is 21.3. The summed E-state index contributed by atoms with van der Waals surface area (Å²) in [6.07, 6.45) is 17.9. The number of hydrogen-bond acceptors (Lipinski definition) is 5. The summed E-state index contributed by atoms with van der Waals surface area (Å²) in [5.74, 6) is 7.79. The molecule has 8 fully saturated rings. The molecule has 8 aliphatic rings. The Morgan fingerprint density at radius 3 is 1.24 bits per heavy atom. The lowest BCUT2D eigenvalue weighted by Gasteiger charge is -2.59. The summed E-state index contributed by atoms with van der Waals surface area (Å²) in [5.41, 5.74) is 0.808. The Hall–Kier alpha value is -1.33. The van der Waals surface area contributed by atoms with Crippen LogP contribution in [0.15, 0.2) is 18.2 Å². The second-order valence-corrected chi connectivity index (χ2v) is 13.7. The van der Waals surface area contributed by atoms with Crippen molar-refractivity contribution in [3.8, 4) is 0 Å². The molecule has 186 valence electrons. The highest BCUT2D eigenvalue weighted by Gasteiger charge is 2.55. The lowest BCUT2D eigenvalue weighted by Crippen LogP contribution is -2.58. The molecule has 0 aliphatic heterocycles. The van der Waals surface area contributed by atoms with Gasteiger partial charge in [-0.15, -0.1) is 0 Å². The van der Waals surface area contributed by atoms with E-state index in [0.29, 0.717) is 23.2 Å². The van der Waals surface area contributed by atoms with Gasteiger partial charge in [-0.05, 0) is 139 Å². The molecule has 0 radical (unpaired) electrons. The van der Waals surface area contributed by atoms with Gasteiger partial charge in [-0.1, -0.05) is 6.07 Å². The van der Waals surface area contributed by atoms with Gasteiger partial charge in [-0.25, -0.2) is 4.98 Å². The molecule has 1 aromatic heterocycles. The van der Waals surface area contributed by atoms with Gasteiger partial charge in [0.25, 0.3) is 0 Å². The molecule has 4 N–H and O–H groups in total. The van der Waals surface area contributed by atoms with Gasteiger partial charge in [0.05, 0.1) is 12.3 Å². The molecule has 2 atom stereocenters. The highest BCUT2D eigenvalue weighted by atomic mass is 15.2. The maximum atomic E-state index is 5.10. The van der Waals surface area contributed by atoms with Crippen LogP contribution in [0.2, 0.25) is 0 Å². The first-order chi connectivity index (χ1) is 16.5. The van der Waals surface area contributed by atoms with Crippen LogP contribution in [0.25, 0.3) is 0 Å². The summed E-state index contributed by atoms with van der Waals surface area (Å²) in [7, 11) is 4.28. The van der Waals surface area contributed by atoms with E-state index >= 15 is 0 Å². The minimum absolute atomic E-state index is 0.312. The smallest absolute Gasteiger partial charge is 0.129 e. The van der Waals surface area contributed by atoms with Crippen molar-refractivity contribution in [2.45, 2.75) is 89.4 Å². The van der Waals surface area contributed by atoms with Crippen LogP contribution < -0.4 is 21.3 Å². The Balaban J connectivity index is 1.08. The van der Waals surface area contributed by atoms with Gasteiger partial charge < -0.3 is 21.3 Å². The summed E-state index contributed by atoms with van der Waals surface area (Å²) in [6, 6.07) is 6.50. The van der Waals surface area contributed by atoms with E-state index in [2.05, 4.69) is 53.6 Å². The van der Waals surface area contributed by atoms with Gasteiger partial charge >= 0.3 is 0 Å². The molecule has 2 unspecified atom stereocenters. The molecule has 0 spiro atoms. The molecule has 0 amide bonds. The van der Waals surface area contributed by atoms with Crippen molar-refractivity contribution in [1.29, 1.82) is 0 Å². The quantitative estimate of drug-likeness (QED) is 0.387. The first-order valence-corrected chi connectivity index (χ1v) is 14.4. The SMILES string of the molecule is CNC(Nc1cccc(NC(NC)C23CC4CC(CC(C4)C2)C3)n1)C12CC3CC(CC(C3)C1)C2. The molecule has 9 rings (SSSR count). The molecule has 1 heterocycles. The molecule has 8 saturated carbocycles. The Morgan fingerprint density at radius 2 is 0.941 bits per heavy atom. The zero-order valence-electron chi connectivity index (χ0n) is 21.3. The third-order valence-electron chi connectivity index (χ3n) is 11.3. The summed E-state index contributed by atoms with van der Waals surface area (Å²) in [5, 5.41) is 15.1. The van der Waals surface area contributed by atoms with E-state index in [9.17, 15) is 0 Å². The summed E-state index contributed by atoms with van der Waals surface area (Å²) in [6.45, 7) is 0. The molecule has 0 aromatic carbocycles. The van der Waals surface area contributed by atoms with E-state index < -0.39 is 0 Å². The molecule has 5 heteroatoms. The second kappa shape index (κ2) is 8.09. The fourth-order valence-corrected chi connectivity index (χ4v) is 11.0. The van der Waals surface area contributed by atoms with E-state index in [4.69, 9.17) is 4.98 Å². The van der Waals surface area contributed by atoms with Crippen molar-refractivity contribution < 1.29 is 0 Å². The lowest BCUT2D eigenvalue weighted by molar-refractivity contribution is -0.0675. The van der Waals surface area contributed by atoms with Gasteiger partial charge in [0.15, 0.2) is 0 Å². The molecule has 34 heavy (non-hydrogen) atoms. The summed E-state index contributed by atoms with van der Waals surface area (Å²) in [4.78, 5) is 5.10. The Labute approximate surface area is 206 Å². The number of aromatic nitrogens is 1. The maximum Gasteiger partial charge on any atom is 0.129 e. The number of nitrogens with zero attached hydrogens (tertiary/aromatic N) is 1. The molecular formula is C29H45N5. The van der Waals surface area contributed by atoms with Gasteiger partial charge in [0, 0.05) is 10.8 Å². The molecule has 0 saturated heterocycles. The second-order valence-electron chi connectivity index (χ2n) is 13.7. The number of rotatable bonds is 8. The number of pyridine rings is 1. The number of anilines is 2. The van der Waals surface area contributed by atoms with Crippen LogP contribution in [-0.2, 0) is 0 Å². The van der Waals surface area contributed by atoms with Crippen molar-refractivity contribution in [3.05, 3.63) is 18.2 Å². The number of hydrogen-bond donors (Lipinski definition) is 4. The Bertz CT molecular complexity index is 772. The van der Waals surface area contributed by atoms with Gasteiger partial charge in [-0.2, -0.15) is 0 Å². The molecular weight excluding hydrogens is 418 g/mol. The normalized spacial score (nSPS) is 45.4. The highest BCUT2D eigenvalue weighted by Crippen LogP contribution is 2.62. The Kier molecular flexibility index (Phi) is 5.22. The lowest BCUT2D eigenvalue weighted by atomic mass is 9.48. The number of nitrogens with one attached hydrogen (secondary N) is 4. The first kappa shape index (κ1) is 21.9. The third-order valence-corrected chi connectivity index (χ3v) is 11.3. The zero-order chi connectivity index (χ0) is 22.9. The maximum absolute atomic E-state index is 5.10. The van der Waals surface area contributed by atoms with Crippen molar-refractivity contribution in [3.63, 3.8) is 0 Å². The topological polar surface area (TPSA) is 61.0 Å². The first-order valence-electron chi connectivity index (χ1n) is 14.4. The molecule has 8 bridgehead atoms.